The van der Waals surface area contributed by atoms with E-state index in [1.807, 2.05) is 6.07 Å². The quantitative estimate of drug-likeness (QED) is 0.365. The van der Waals surface area contributed by atoms with Crippen LogP contribution in [-0.2, 0) is 5.75 Å². The van der Waals surface area contributed by atoms with Crippen molar-refractivity contribution in [3.63, 3.8) is 0 Å². The fourth-order valence-electron chi connectivity index (χ4n) is 1.93. The molecule has 0 N–H and O–H groups in total. The largest absolute Gasteiger partial charge is 0.618 e. The van der Waals surface area contributed by atoms with Crippen molar-refractivity contribution in [1.82, 2.24) is 4.98 Å². The van der Waals surface area contributed by atoms with E-state index in [2.05, 4.69) is 11.9 Å². The van der Waals surface area contributed by atoms with E-state index in [0.717, 1.165) is 12.2 Å². The Kier molecular flexibility index (Phi) is 4.37. The van der Waals surface area contributed by atoms with Crippen LogP contribution in [0.25, 0.3) is 11.0 Å². The maximum atomic E-state index is 12.3. The first kappa shape index (κ1) is 13.8. The van der Waals surface area contributed by atoms with Crippen molar-refractivity contribution < 1.29 is 9.52 Å². The number of benzene rings is 1. The molecule has 0 amide bonds. The van der Waals surface area contributed by atoms with Gasteiger partial charge in [-0.25, -0.2) is 4.98 Å². The Hall–Kier alpha value is -1.62. The van der Waals surface area contributed by atoms with Gasteiger partial charge < -0.3 is 5.21 Å². The Bertz CT molecular complexity index is 614. The summed E-state index contributed by atoms with van der Waals surface area (Å²) in [6, 6.07) is 7.09. The average molecular weight is 276 g/mol. The molecule has 0 aliphatic carbocycles. The van der Waals surface area contributed by atoms with Gasteiger partial charge in [0.2, 0.25) is 11.3 Å². The molecule has 19 heavy (non-hydrogen) atoms. The number of para-hydroxylation sites is 2. The molecule has 5 heteroatoms. The highest BCUT2D eigenvalue weighted by Crippen LogP contribution is 2.17. The van der Waals surface area contributed by atoms with Crippen molar-refractivity contribution in [2.45, 2.75) is 26.0 Å². The first-order chi connectivity index (χ1) is 9.15. The van der Waals surface area contributed by atoms with Crippen molar-refractivity contribution in [2.24, 2.45) is 0 Å². The summed E-state index contributed by atoms with van der Waals surface area (Å²) in [6.07, 6.45) is 1.06. The monoisotopic (exact) mass is 276 g/mol. The molecule has 0 saturated carbocycles. The normalized spacial score (nSPS) is 10.8. The maximum absolute atomic E-state index is 12.3. The van der Waals surface area contributed by atoms with Crippen molar-refractivity contribution in [2.75, 3.05) is 5.75 Å². The molecule has 0 radical (unpaired) electrons. The minimum absolute atomic E-state index is 0.169. The van der Waals surface area contributed by atoms with Crippen LogP contribution in [0.5, 0.6) is 0 Å². The lowest BCUT2D eigenvalue weighted by molar-refractivity contribution is -0.580. The van der Waals surface area contributed by atoms with Crippen LogP contribution in [0.2, 0.25) is 0 Å². The number of nitrogens with zero attached hydrogens (tertiary/aromatic N) is 2. The van der Waals surface area contributed by atoms with E-state index in [-0.39, 0.29) is 11.5 Å². The Morgan fingerprint density at radius 2 is 2.16 bits per heavy atom. The Morgan fingerprint density at radius 1 is 1.42 bits per heavy atom. The lowest BCUT2D eigenvalue weighted by atomic mass is 10.2. The summed E-state index contributed by atoms with van der Waals surface area (Å²) in [5.41, 5.74) is 1.83. The number of hydrogen-bond donors (Lipinski definition) is 0. The first-order valence-corrected chi connectivity index (χ1v) is 7.40. The van der Waals surface area contributed by atoms with E-state index < -0.39 is 0 Å². The van der Waals surface area contributed by atoms with Gasteiger partial charge in [0.25, 0.3) is 5.69 Å². The summed E-state index contributed by atoms with van der Waals surface area (Å²) >= 11 is 1.69. The van der Waals surface area contributed by atoms with E-state index in [4.69, 9.17) is 0 Å². The molecule has 1 aromatic carbocycles. The molecule has 0 atom stereocenters. The Morgan fingerprint density at radius 3 is 2.84 bits per heavy atom. The van der Waals surface area contributed by atoms with Gasteiger partial charge in [-0.05, 0) is 18.2 Å². The molecule has 100 valence electrons. The van der Waals surface area contributed by atoms with Gasteiger partial charge in [-0.2, -0.15) is 16.5 Å². The average Bonchev–Trinajstić information content (AvgIpc) is 2.39. The summed E-state index contributed by atoms with van der Waals surface area (Å²) in [5, 5.41) is 12.3. The minimum Gasteiger partial charge on any atom is -0.618 e. The fourth-order valence-corrected chi connectivity index (χ4v) is 2.75. The van der Waals surface area contributed by atoms with E-state index in [9.17, 15) is 10.0 Å². The van der Waals surface area contributed by atoms with Gasteiger partial charge in [0.05, 0.1) is 0 Å². The number of thioether (sulfide) groups is 1. The number of fused-ring (bicyclic) bond motifs is 1. The minimum atomic E-state index is -0.236. The second-order valence-corrected chi connectivity index (χ2v) is 5.40. The molecule has 4 nitrogen and oxygen atoms in total. The Labute approximate surface area is 116 Å². The molecule has 1 heterocycles. The number of carbonyl (C=O) groups is 1. The number of Topliss-reactive ketones (excluding diaryl/α,β-unsaturated/α-hetero) is 1. The fraction of sp³-hybridized carbons (Fsp3) is 0.357. The highest BCUT2D eigenvalue weighted by molar-refractivity contribution is 7.98. The van der Waals surface area contributed by atoms with Crippen LogP contribution in [0.3, 0.4) is 0 Å². The van der Waals surface area contributed by atoms with Gasteiger partial charge in [-0.1, -0.05) is 19.1 Å². The second-order valence-electron chi connectivity index (χ2n) is 4.30. The molecular formula is C14H16N2O2S. The van der Waals surface area contributed by atoms with Crippen molar-refractivity contribution in [1.29, 1.82) is 0 Å². The topological polar surface area (TPSA) is 56.9 Å². The van der Waals surface area contributed by atoms with E-state index in [1.165, 1.54) is 6.92 Å². The zero-order valence-corrected chi connectivity index (χ0v) is 11.9. The predicted octanol–water partition coefficient (Wildman–Crippen LogP) is 2.71. The van der Waals surface area contributed by atoms with Crippen LogP contribution in [-0.4, -0.2) is 16.5 Å². The standard InChI is InChI=1S/C14H16N2O2S/c1-3-8-19-9-12-14(10(2)17)16(18)13-7-5-4-6-11(13)15-12/h4-7H,3,8-9H2,1-2H3. The molecular weight excluding hydrogens is 260 g/mol. The lowest BCUT2D eigenvalue weighted by Gasteiger charge is -2.09. The van der Waals surface area contributed by atoms with Gasteiger partial charge in [0, 0.05) is 18.7 Å². The van der Waals surface area contributed by atoms with E-state index in [1.54, 1.807) is 30.0 Å². The smallest absolute Gasteiger partial charge is 0.282 e. The SMILES string of the molecule is CCCSCc1nc2ccccc2[n+]([O-])c1C(C)=O. The molecule has 0 bridgehead atoms. The predicted molar refractivity (Wildman–Crippen MR) is 77.2 cm³/mol. The van der Waals surface area contributed by atoms with Gasteiger partial charge in [0.1, 0.15) is 11.2 Å². The molecule has 2 rings (SSSR count). The molecule has 0 spiro atoms. The van der Waals surface area contributed by atoms with Gasteiger partial charge in [-0.15, -0.1) is 0 Å². The summed E-state index contributed by atoms with van der Waals surface area (Å²) in [7, 11) is 0. The van der Waals surface area contributed by atoms with Gasteiger partial charge in [0.15, 0.2) is 0 Å². The van der Waals surface area contributed by atoms with Crippen LogP contribution < -0.4 is 4.73 Å². The van der Waals surface area contributed by atoms with Crippen LogP contribution in [0.15, 0.2) is 24.3 Å². The molecule has 1 aromatic heterocycles. The van der Waals surface area contributed by atoms with Crippen LogP contribution >= 0.6 is 11.8 Å². The molecule has 0 fully saturated rings. The summed E-state index contributed by atoms with van der Waals surface area (Å²) in [5.74, 6) is 1.35. The number of rotatable bonds is 5. The third-order valence-corrected chi connectivity index (χ3v) is 3.93. The molecule has 2 aromatic rings. The highest BCUT2D eigenvalue weighted by atomic mass is 32.2. The van der Waals surface area contributed by atoms with Crippen molar-refractivity contribution >= 4 is 28.6 Å². The first-order valence-electron chi connectivity index (χ1n) is 6.25. The number of carbonyl (C=O) groups excluding carboxylic acids is 1. The summed E-state index contributed by atoms with van der Waals surface area (Å²) < 4.78 is 0.715. The van der Waals surface area contributed by atoms with Crippen LogP contribution in [0, 0.1) is 5.21 Å². The molecule has 0 aliphatic rings. The third-order valence-electron chi connectivity index (χ3n) is 2.75. The highest BCUT2D eigenvalue weighted by Gasteiger charge is 2.22. The summed E-state index contributed by atoms with van der Waals surface area (Å²) in [4.78, 5) is 16.2. The second kappa shape index (κ2) is 6.02. The number of hydrogen-bond acceptors (Lipinski definition) is 4. The van der Waals surface area contributed by atoms with Gasteiger partial charge >= 0.3 is 0 Å². The maximum Gasteiger partial charge on any atom is 0.282 e. The number of ketones is 1. The Balaban J connectivity index is 2.53. The lowest BCUT2D eigenvalue weighted by Crippen LogP contribution is -2.37. The number of aromatic nitrogens is 2. The zero-order chi connectivity index (χ0) is 13.8. The van der Waals surface area contributed by atoms with Crippen molar-refractivity contribution in [3.8, 4) is 0 Å². The molecule has 0 saturated heterocycles. The summed E-state index contributed by atoms with van der Waals surface area (Å²) in [6.45, 7) is 3.51. The third kappa shape index (κ3) is 2.87. The molecule has 0 unspecified atom stereocenters. The van der Waals surface area contributed by atoms with E-state index in [0.29, 0.717) is 27.2 Å². The van der Waals surface area contributed by atoms with Crippen molar-refractivity contribution in [3.05, 3.63) is 40.9 Å². The zero-order valence-electron chi connectivity index (χ0n) is 11.0. The van der Waals surface area contributed by atoms with E-state index >= 15 is 0 Å². The van der Waals surface area contributed by atoms with Gasteiger partial charge in [-0.3, -0.25) is 4.79 Å². The van der Waals surface area contributed by atoms with Crippen LogP contribution in [0.4, 0.5) is 0 Å². The molecule has 0 aliphatic heterocycles. The van der Waals surface area contributed by atoms with Crippen LogP contribution in [0.1, 0.15) is 36.5 Å².